The normalized spacial score (nSPS) is 11.5. The molecule has 0 saturated heterocycles. The minimum Gasteiger partial charge on any atom is -0.465 e. The molecule has 5 heteroatoms. The van der Waals surface area contributed by atoms with Crippen molar-refractivity contribution in [1.29, 1.82) is 0 Å². The van der Waals surface area contributed by atoms with Crippen LogP contribution in [0.1, 0.15) is 47.5 Å². The van der Waals surface area contributed by atoms with Gasteiger partial charge in [0.1, 0.15) is 0 Å². The van der Waals surface area contributed by atoms with Crippen molar-refractivity contribution in [3.05, 3.63) is 0 Å². The van der Waals surface area contributed by atoms with E-state index in [1.165, 1.54) is 0 Å². The molecule has 0 rings (SSSR count). The molecule has 0 fully saturated rings. The lowest BCUT2D eigenvalue weighted by Crippen LogP contribution is -2.46. The Bertz CT molecular complexity index is 284. The largest absolute Gasteiger partial charge is 0.465 e. The van der Waals surface area contributed by atoms with E-state index in [2.05, 4.69) is 6.92 Å². The molecule has 0 heterocycles. The first-order chi connectivity index (χ1) is 9.47. The molecule has 0 aliphatic heterocycles. The number of carbonyl (C=O) groups is 2. The van der Waals surface area contributed by atoms with Crippen LogP contribution < -0.4 is 0 Å². The molecular weight excluding hydrogens is 276 g/mol. The van der Waals surface area contributed by atoms with Crippen LogP contribution >= 0.6 is 11.8 Å². The summed E-state index contributed by atoms with van der Waals surface area (Å²) < 4.78 is 10.3. The Morgan fingerprint density at radius 2 is 1.55 bits per heavy atom. The second kappa shape index (κ2) is 10.1. The predicted octanol–water partition coefficient (Wildman–Crippen LogP) is 3.29. The van der Waals surface area contributed by atoms with Gasteiger partial charge < -0.3 is 9.47 Å². The first kappa shape index (κ1) is 19.3. The van der Waals surface area contributed by atoms with E-state index in [9.17, 15) is 9.59 Å². The Labute approximate surface area is 127 Å². The van der Waals surface area contributed by atoms with Gasteiger partial charge in [-0.1, -0.05) is 20.8 Å². The van der Waals surface area contributed by atoms with E-state index in [-0.39, 0.29) is 19.1 Å². The van der Waals surface area contributed by atoms with Gasteiger partial charge in [-0.2, -0.15) is 11.8 Å². The SMILES string of the molecule is CCOC(=O)C(CCCSCC)(C(=O)OCC)C(C)C. The van der Waals surface area contributed by atoms with Crippen LogP contribution in [0.2, 0.25) is 0 Å². The van der Waals surface area contributed by atoms with E-state index in [1.54, 1.807) is 25.6 Å². The fraction of sp³-hybridized carbons (Fsp3) is 0.867. The minimum atomic E-state index is -1.17. The summed E-state index contributed by atoms with van der Waals surface area (Å²) in [4.78, 5) is 24.7. The van der Waals surface area contributed by atoms with Gasteiger partial charge >= 0.3 is 11.9 Å². The lowest BCUT2D eigenvalue weighted by molar-refractivity contribution is -0.176. The van der Waals surface area contributed by atoms with Crippen molar-refractivity contribution < 1.29 is 19.1 Å². The summed E-state index contributed by atoms with van der Waals surface area (Å²) in [6.07, 6.45) is 1.28. The Kier molecular flexibility index (Phi) is 9.72. The second-order valence-corrected chi connectivity index (χ2v) is 6.26. The average molecular weight is 304 g/mol. The maximum absolute atomic E-state index is 12.4. The highest BCUT2D eigenvalue weighted by atomic mass is 32.2. The quantitative estimate of drug-likeness (QED) is 0.352. The lowest BCUT2D eigenvalue weighted by Gasteiger charge is -2.32. The zero-order valence-corrected chi connectivity index (χ0v) is 14.2. The van der Waals surface area contributed by atoms with Gasteiger partial charge in [-0.15, -0.1) is 0 Å². The van der Waals surface area contributed by atoms with Gasteiger partial charge in [-0.05, 0) is 44.1 Å². The molecule has 118 valence electrons. The molecule has 0 aliphatic rings. The first-order valence-electron chi connectivity index (χ1n) is 7.39. The lowest BCUT2D eigenvalue weighted by atomic mass is 9.73. The molecule has 0 atom stereocenters. The number of ether oxygens (including phenoxy) is 2. The van der Waals surface area contributed by atoms with E-state index in [0.717, 1.165) is 17.9 Å². The van der Waals surface area contributed by atoms with E-state index < -0.39 is 17.4 Å². The summed E-state index contributed by atoms with van der Waals surface area (Å²) in [5, 5.41) is 0. The molecule has 0 spiro atoms. The molecule has 0 radical (unpaired) electrons. The summed E-state index contributed by atoms with van der Waals surface area (Å²) >= 11 is 1.81. The highest BCUT2D eigenvalue weighted by Crippen LogP contribution is 2.36. The van der Waals surface area contributed by atoms with Crippen LogP contribution in [-0.2, 0) is 19.1 Å². The Hall–Kier alpha value is -0.710. The zero-order chi connectivity index (χ0) is 15.6. The Morgan fingerprint density at radius 3 is 1.90 bits per heavy atom. The number of hydrogen-bond donors (Lipinski definition) is 0. The van der Waals surface area contributed by atoms with Crippen molar-refractivity contribution in [1.82, 2.24) is 0 Å². The molecule has 0 unspecified atom stereocenters. The average Bonchev–Trinajstić information content (AvgIpc) is 2.39. The maximum atomic E-state index is 12.4. The first-order valence-corrected chi connectivity index (χ1v) is 8.54. The van der Waals surface area contributed by atoms with Gasteiger partial charge in [-0.3, -0.25) is 9.59 Å². The summed E-state index contributed by atoms with van der Waals surface area (Å²) in [7, 11) is 0. The summed E-state index contributed by atoms with van der Waals surface area (Å²) in [6, 6.07) is 0. The second-order valence-electron chi connectivity index (χ2n) is 4.87. The fourth-order valence-electron chi connectivity index (χ4n) is 2.16. The van der Waals surface area contributed by atoms with Crippen LogP contribution in [0.3, 0.4) is 0 Å². The van der Waals surface area contributed by atoms with Crippen molar-refractivity contribution in [2.45, 2.75) is 47.5 Å². The monoisotopic (exact) mass is 304 g/mol. The number of thioether (sulfide) groups is 1. The van der Waals surface area contributed by atoms with Crippen LogP contribution in [0.15, 0.2) is 0 Å². The van der Waals surface area contributed by atoms with Crippen molar-refractivity contribution in [2.24, 2.45) is 11.3 Å². The number of hydrogen-bond acceptors (Lipinski definition) is 5. The third-order valence-electron chi connectivity index (χ3n) is 3.33. The number of carbonyl (C=O) groups excluding carboxylic acids is 2. The maximum Gasteiger partial charge on any atom is 0.323 e. The summed E-state index contributed by atoms with van der Waals surface area (Å²) in [5.41, 5.74) is -1.17. The van der Waals surface area contributed by atoms with Gasteiger partial charge in [0.25, 0.3) is 0 Å². The van der Waals surface area contributed by atoms with Crippen LogP contribution in [0.4, 0.5) is 0 Å². The van der Waals surface area contributed by atoms with Gasteiger partial charge in [0.2, 0.25) is 0 Å². The topological polar surface area (TPSA) is 52.6 Å². The van der Waals surface area contributed by atoms with Crippen LogP contribution in [0.5, 0.6) is 0 Å². The fourth-order valence-corrected chi connectivity index (χ4v) is 2.80. The van der Waals surface area contributed by atoms with Crippen molar-refractivity contribution in [3.8, 4) is 0 Å². The van der Waals surface area contributed by atoms with Gasteiger partial charge in [0, 0.05) is 0 Å². The van der Waals surface area contributed by atoms with Gasteiger partial charge in [0.05, 0.1) is 13.2 Å². The van der Waals surface area contributed by atoms with E-state index in [4.69, 9.17) is 9.47 Å². The number of esters is 2. The van der Waals surface area contributed by atoms with Crippen LogP contribution in [0, 0.1) is 11.3 Å². The Balaban J connectivity index is 5.12. The van der Waals surface area contributed by atoms with Crippen molar-refractivity contribution in [2.75, 3.05) is 24.7 Å². The molecule has 0 aliphatic carbocycles. The third-order valence-corrected chi connectivity index (χ3v) is 4.31. The highest BCUT2D eigenvalue weighted by Gasteiger charge is 2.50. The molecule has 0 aromatic heterocycles. The third kappa shape index (κ3) is 5.00. The number of rotatable bonds is 10. The van der Waals surface area contributed by atoms with Crippen LogP contribution in [0.25, 0.3) is 0 Å². The van der Waals surface area contributed by atoms with Crippen molar-refractivity contribution in [3.63, 3.8) is 0 Å². The van der Waals surface area contributed by atoms with Gasteiger partial charge in [-0.25, -0.2) is 0 Å². The minimum absolute atomic E-state index is 0.146. The predicted molar refractivity (Wildman–Crippen MR) is 82.8 cm³/mol. The summed E-state index contributed by atoms with van der Waals surface area (Å²) in [5.74, 6) is 0.925. The van der Waals surface area contributed by atoms with E-state index in [0.29, 0.717) is 6.42 Å². The molecule has 20 heavy (non-hydrogen) atoms. The van der Waals surface area contributed by atoms with E-state index >= 15 is 0 Å². The molecule has 4 nitrogen and oxygen atoms in total. The molecule has 0 amide bonds. The molecule has 0 N–H and O–H groups in total. The van der Waals surface area contributed by atoms with Gasteiger partial charge in [0.15, 0.2) is 5.41 Å². The smallest absolute Gasteiger partial charge is 0.323 e. The zero-order valence-electron chi connectivity index (χ0n) is 13.4. The molecule has 0 aromatic carbocycles. The molecular formula is C15H28O4S. The highest BCUT2D eigenvalue weighted by molar-refractivity contribution is 7.99. The Morgan fingerprint density at radius 1 is 1.05 bits per heavy atom. The van der Waals surface area contributed by atoms with E-state index in [1.807, 2.05) is 13.8 Å². The molecule has 0 saturated carbocycles. The molecule has 0 bridgehead atoms. The van der Waals surface area contributed by atoms with Crippen molar-refractivity contribution >= 4 is 23.7 Å². The van der Waals surface area contributed by atoms with Crippen LogP contribution in [-0.4, -0.2) is 36.7 Å². The standard InChI is InChI=1S/C15H28O4S/c1-6-18-13(16)15(12(4)5,14(17)19-7-2)10-9-11-20-8-3/h12H,6-11H2,1-5H3. The summed E-state index contributed by atoms with van der Waals surface area (Å²) in [6.45, 7) is 9.90. The molecule has 0 aromatic rings.